The first-order valence-electron chi connectivity index (χ1n) is 6.85. The maximum Gasteiger partial charge on any atom is 0.276 e. The third-order valence-corrected chi connectivity index (χ3v) is 3.15. The Morgan fingerprint density at radius 3 is 2.50 bits per heavy atom. The van der Waals surface area contributed by atoms with Crippen LogP contribution in [0.4, 0.5) is 11.4 Å². The second-order valence-corrected chi connectivity index (χ2v) is 4.67. The number of ether oxygens (including phenoxy) is 1. The minimum absolute atomic E-state index is 0.178. The van der Waals surface area contributed by atoms with Gasteiger partial charge in [0.25, 0.3) is 11.6 Å². The van der Waals surface area contributed by atoms with E-state index >= 15 is 0 Å². The Hall–Kier alpha value is -3.66. The van der Waals surface area contributed by atoms with Crippen molar-refractivity contribution in [3.63, 3.8) is 0 Å². The van der Waals surface area contributed by atoms with Crippen LogP contribution in [0.1, 0.15) is 5.56 Å². The predicted octanol–water partition coefficient (Wildman–Crippen LogP) is 3.15. The smallest absolute Gasteiger partial charge is 0.276 e. The molecule has 1 amide bonds. The van der Waals surface area contributed by atoms with Gasteiger partial charge in [-0.15, -0.1) is 0 Å². The van der Waals surface area contributed by atoms with Crippen molar-refractivity contribution in [2.45, 2.75) is 0 Å². The molecular formula is C17H13N3O4. The Labute approximate surface area is 137 Å². The minimum atomic E-state index is -0.652. The molecule has 0 aromatic heterocycles. The summed E-state index contributed by atoms with van der Waals surface area (Å²) in [5.41, 5.74) is 0.246. The second kappa shape index (κ2) is 7.56. The standard InChI is InChI=1S/C17H13N3O4/c1-24-15-8-6-14(7-9-15)19-17(21)13(11-18)10-12-4-2-3-5-16(12)20(22)23/h2-10H,1H3,(H,19,21)/b13-10+. The molecule has 0 saturated carbocycles. The Balaban J connectivity index is 2.26. The van der Waals surface area contributed by atoms with Crippen LogP contribution in [0.25, 0.3) is 6.08 Å². The number of nitrogens with one attached hydrogen (secondary N) is 1. The molecule has 0 spiro atoms. The zero-order valence-electron chi connectivity index (χ0n) is 12.7. The normalized spacial score (nSPS) is 10.6. The number of nitriles is 1. The van der Waals surface area contributed by atoms with E-state index in [0.717, 1.165) is 0 Å². The van der Waals surface area contributed by atoms with Crippen molar-refractivity contribution < 1.29 is 14.5 Å². The summed E-state index contributed by atoms with van der Waals surface area (Å²) in [5, 5.41) is 22.7. The molecule has 2 rings (SSSR count). The topological polar surface area (TPSA) is 105 Å². The monoisotopic (exact) mass is 323 g/mol. The molecule has 0 heterocycles. The molecule has 0 aliphatic rings. The molecule has 7 nitrogen and oxygen atoms in total. The summed E-state index contributed by atoms with van der Waals surface area (Å²) in [5.74, 6) is -0.0234. The van der Waals surface area contributed by atoms with Crippen molar-refractivity contribution in [3.8, 4) is 11.8 Å². The van der Waals surface area contributed by atoms with E-state index in [-0.39, 0.29) is 16.8 Å². The first-order valence-corrected chi connectivity index (χ1v) is 6.85. The van der Waals surface area contributed by atoms with E-state index < -0.39 is 10.8 Å². The van der Waals surface area contributed by atoms with Gasteiger partial charge in [-0.05, 0) is 36.4 Å². The summed E-state index contributed by atoms with van der Waals surface area (Å²) in [7, 11) is 1.52. The number of benzene rings is 2. The molecule has 1 N–H and O–H groups in total. The molecule has 0 saturated heterocycles. The van der Waals surface area contributed by atoms with Gasteiger partial charge in [-0.25, -0.2) is 0 Å². The van der Waals surface area contributed by atoms with Gasteiger partial charge in [0, 0.05) is 11.8 Å². The maximum absolute atomic E-state index is 12.2. The summed E-state index contributed by atoms with van der Waals surface area (Å²) in [6.07, 6.45) is 1.19. The molecule has 24 heavy (non-hydrogen) atoms. The van der Waals surface area contributed by atoms with Crippen LogP contribution in [0, 0.1) is 21.4 Å². The Kier molecular flexibility index (Phi) is 5.26. The third kappa shape index (κ3) is 3.96. The summed E-state index contributed by atoms with van der Waals surface area (Å²) in [4.78, 5) is 22.6. The number of carbonyl (C=O) groups excluding carboxylic acids is 1. The molecule has 2 aromatic rings. The van der Waals surface area contributed by atoms with Gasteiger partial charge in [-0.2, -0.15) is 5.26 Å². The zero-order chi connectivity index (χ0) is 17.5. The van der Waals surface area contributed by atoms with E-state index in [9.17, 15) is 20.2 Å². The van der Waals surface area contributed by atoms with Gasteiger partial charge < -0.3 is 10.1 Å². The SMILES string of the molecule is COc1ccc(NC(=O)/C(C#N)=C/c2ccccc2[N+](=O)[O-])cc1. The van der Waals surface area contributed by atoms with Crippen LogP contribution < -0.4 is 10.1 Å². The highest BCUT2D eigenvalue weighted by Gasteiger charge is 2.15. The highest BCUT2D eigenvalue weighted by atomic mass is 16.6. The quantitative estimate of drug-likeness (QED) is 0.394. The summed E-state index contributed by atoms with van der Waals surface area (Å²) in [6, 6.07) is 14.2. The second-order valence-electron chi connectivity index (χ2n) is 4.67. The van der Waals surface area contributed by atoms with Crippen LogP contribution in [0.5, 0.6) is 5.75 Å². The molecule has 0 fully saturated rings. The predicted molar refractivity (Wildman–Crippen MR) is 88.3 cm³/mol. The number of nitro groups is 1. The first-order chi connectivity index (χ1) is 11.5. The van der Waals surface area contributed by atoms with Crippen molar-refractivity contribution >= 4 is 23.4 Å². The third-order valence-electron chi connectivity index (χ3n) is 3.15. The number of rotatable bonds is 5. The van der Waals surface area contributed by atoms with Crippen LogP contribution in [0.2, 0.25) is 0 Å². The zero-order valence-corrected chi connectivity index (χ0v) is 12.7. The number of para-hydroxylation sites is 1. The Morgan fingerprint density at radius 2 is 1.92 bits per heavy atom. The maximum atomic E-state index is 12.2. The molecule has 0 radical (unpaired) electrons. The number of anilines is 1. The minimum Gasteiger partial charge on any atom is -0.497 e. The van der Waals surface area contributed by atoms with E-state index in [1.807, 2.05) is 0 Å². The van der Waals surface area contributed by atoms with Crippen molar-refractivity contribution in [3.05, 3.63) is 69.8 Å². The van der Waals surface area contributed by atoms with Crippen molar-refractivity contribution in [2.24, 2.45) is 0 Å². The van der Waals surface area contributed by atoms with Crippen LogP contribution in [-0.2, 0) is 4.79 Å². The van der Waals surface area contributed by atoms with Gasteiger partial charge in [-0.1, -0.05) is 12.1 Å². The molecule has 7 heteroatoms. The highest BCUT2D eigenvalue weighted by Crippen LogP contribution is 2.21. The Bertz CT molecular complexity index is 836. The fraction of sp³-hybridized carbons (Fsp3) is 0.0588. The molecule has 0 unspecified atom stereocenters. The molecule has 0 bridgehead atoms. The average molecular weight is 323 g/mol. The van der Waals surface area contributed by atoms with Gasteiger partial charge in [0.1, 0.15) is 17.4 Å². The number of carbonyl (C=O) groups is 1. The van der Waals surface area contributed by atoms with Crippen LogP contribution >= 0.6 is 0 Å². The lowest BCUT2D eigenvalue weighted by molar-refractivity contribution is -0.385. The lowest BCUT2D eigenvalue weighted by atomic mass is 10.1. The first kappa shape index (κ1) is 16.7. The summed E-state index contributed by atoms with van der Waals surface area (Å²) in [6.45, 7) is 0. The number of methoxy groups -OCH3 is 1. The van der Waals surface area contributed by atoms with Gasteiger partial charge >= 0.3 is 0 Å². The van der Waals surface area contributed by atoms with E-state index in [2.05, 4.69) is 5.32 Å². The van der Waals surface area contributed by atoms with Crippen molar-refractivity contribution in [1.29, 1.82) is 5.26 Å². The fourth-order valence-corrected chi connectivity index (χ4v) is 1.95. The molecule has 0 aliphatic carbocycles. The number of amides is 1. The van der Waals surface area contributed by atoms with Gasteiger partial charge in [-0.3, -0.25) is 14.9 Å². The van der Waals surface area contributed by atoms with E-state index in [4.69, 9.17) is 4.74 Å². The van der Waals surface area contributed by atoms with Crippen LogP contribution in [-0.4, -0.2) is 17.9 Å². The van der Waals surface area contributed by atoms with Crippen LogP contribution in [0.3, 0.4) is 0 Å². The van der Waals surface area contributed by atoms with E-state index in [1.165, 1.54) is 31.4 Å². The number of nitro benzene ring substituents is 1. The lowest BCUT2D eigenvalue weighted by Gasteiger charge is -2.05. The highest BCUT2D eigenvalue weighted by molar-refractivity contribution is 6.09. The van der Waals surface area contributed by atoms with E-state index in [1.54, 1.807) is 36.4 Å². The Morgan fingerprint density at radius 1 is 1.25 bits per heavy atom. The number of hydrogen-bond donors (Lipinski definition) is 1. The average Bonchev–Trinajstić information content (AvgIpc) is 2.60. The molecule has 0 aliphatic heterocycles. The lowest BCUT2D eigenvalue weighted by Crippen LogP contribution is -2.13. The molecule has 120 valence electrons. The van der Waals surface area contributed by atoms with Crippen molar-refractivity contribution in [2.75, 3.05) is 12.4 Å². The summed E-state index contributed by atoms with van der Waals surface area (Å²) >= 11 is 0. The number of hydrogen-bond acceptors (Lipinski definition) is 5. The van der Waals surface area contributed by atoms with Gasteiger partial charge in [0.15, 0.2) is 0 Å². The molecule has 0 atom stereocenters. The van der Waals surface area contributed by atoms with Crippen LogP contribution in [0.15, 0.2) is 54.1 Å². The number of nitrogens with zero attached hydrogens (tertiary/aromatic N) is 2. The summed E-state index contributed by atoms with van der Waals surface area (Å²) < 4.78 is 5.02. The van der Waals surface area contributed by atoms with Gasteiger partial charge in [0.05, 0.1) is 17.6 Å². The molecular weight excluding hydrogens is 310 g/mol. The fourth-order valence-electron chi connectivity index (χ4n) is 1.95. The van der Waals surface area contributed by atoms with Gasteiger partial charge in [0.2, 0.25) is 0 Å². The van der Waals surface area contributed by atoms with E-state index in [0.29, 0.717) is 11.4 Å². The largest absolute Gasteiger partial charge is 0.497 e. The van der Waals surface area contributed by atoms with Crippen molar-refractivity contribution in [1.82, 2.24) is 0 Å². The molecule has 2 aromatic carbocycles.